The van der Waals surface area contributed by atoms with Crippen molar-refractivity contribution in [2.24, 2.45) is 0 Å². The summed E-state index contributed by atoms with van der Waals surface area (Å²) < 4.78 is 5.28. The smallest absolute Gasteiger partial charge is 0.229 e. The highest BCUT2D eigenvalue weighted by Crippen LogP contribution is 2.22. The molecule has 1 aliphatic heterocycles. The van der Waals surface area contributed by atoms with Gasteiger partial charge in [-0.2, -0.15) is 0 Å². The molecule has 1 aliphatic rings. The van der Waals surface area contributed by atoms with Crippen LogP contribution in [0.2, 0.25) is 0 Å². The van der Waals surface area contributed by atoms with E-state index in [1.54, 1.807) is 7.11 Å². The lowest BCUT2D eigenvalue weighted by molar-refractivity contribution is -0.148. The Kier molecular flexibility index (Phi) is 4.20. The van der Waals surface area contributed by atoms with Crippen molar-refractivity contribution in [1.82, 2.24) is 4.90 Å². The Hall–Kier alpha value is -1.84. The van der Waals surface area contributed by atoms with E-state index in [1.807, 2.05) is 18.2 Å². The molecule has 4 heteroatoms. The molecule has 1 fully saturated rings. The molecule has 2 rings (SSSR count). The highest BCUT2D eigenvalue weighted by atomic mass is 16.5. The van der Waals surface area contributed by atoms with E-state index in [9.17, 15) is 9.59 Å². The molecule has 1 saturated heterocycles. The molecule has 0 aliphatic carbocycles. The molecular weight excluding hydrogens is 242 g/mol. The Bertz CT molecular complexity index is 480. The van der Waals surface area contributed by atoms with Crippen LogP contribution in [0.25, 0.3) is 0 Å². The highest BCUT2D eigenvalue weighted by Gasteiger charge is 2.25. The summed E-state index contributed by atoms with van der Waals surface area (Å²) in [6.07, 6.45) is 2.49. The highest BCUT2D eigenvalue weighted by molar-refractivity contribution is 5.97. The summed E-state index contributed by atoms with van der Waals surface area (Å²) in [5, 5.41) is 0. The lowest BCUT2D eigenvalue weighted by atomic mass is 10.0. The first-order valence-corrected chi connectivity index (χ1v) is 6.64. The monoisotopic (exact) mass is 261 g/mol. The molecule has 1 heterocycles. The first-order chi connectivity index (χ1) is 9.15. The third-order valence-corrected chi connectivity index (χ3v) is 3.45. The van der Waals surface area contributed by atoms with Gasteiger partial charge in [-0.25, -0.2) is 0 Å². The lowest BCUT2D eigenvalue weighted by Gasteiger charge is -2.25. The second-order valence-electron chi connectivity index (χ2n) is 4.73. The van der Waals surface area contributed by atoms with Crippen LogP contribution in [0, 0.1) is 0 Å². The average molecular weight is 261 g/mol. The summed E-state index contributed by atoms with van der Waals surface area (Å²) in [7, 11) is 1.64. The van der Waals surface area contributed by atoms with Crippen LogP contribution >= 0.6 is 0 Å². The van der Waals surface area contributed by atoms with Crippen molar-refractivity contribution in [1.29, 1.82) is 0 Å². The number of benzene rings is 1. The van der Waals surface area contributed by atoms with Crippen molar-refractivity contribution in [2.75, 3.05) is 7.11 Å². The third-order valence-electron chi connectivity index (χ3n) is 3.45. The van der Waals surface area contributed by atoms with Gasteiger partial charge in [-0.3, -0.25) is 14.5 Å². The van der Waals surface area contributed by atoms with Crippen LogP contribution in [-0.4, -0.2) is 23.8 Å². The number of carbonyl (C=O) groups is 2. The molecule has 0 radical (unpaired) electrons. The van der Waals surface area contributed by atoms with Gasteiger partial charge < -0.3 is 4.74 Å². The standard InChI is InChI=1S/C15H19NO3/c1-3-12-9-11(7-8-13(12)19-2)10-16-14(17)5-4-6-15(16)18/h7-9H,3-6,10H2,1-2H3. The van der Waals surface area contributed by atoms with Crippen molar-refractivity contribution >= 4 is 11.8 Å². The number of likely N-dealkylation sites (tertiary alicyclic amines) is 1. The zero-order valence-electron chi connectivity index (χ0n) is 11.4. The second kappa shape index (κ2) is 5.87. The maximum atomic E-state index is 11.8. The first kappa shape index (κ1) is 13.6. The molecule has 1 aromatic rings. The molecular formula is C15H19NO3. The van der Waals surface area contributed by atoms with Crippen molar-refractivity contribution < 1.29 is 14.3 Å². The van der Waals surface area contributed by atoms with Gasteiger partial charge in [0, 0.05) is 12.8 Å². The minimum atomic E-state index is -0.0647. The minimum absolute atomic E-state index is 0.0647. The summed E-state index contributed by atoms with van der Waals surface area (Å²) >= 11 is 0. The number of methoxy groups -OCH3 is 1. The Morgan fingerprint density at radius 2 is 1.89 bits per heavy atom. The average Bonchev–Trinajstić information content (AvgIpc) is 2.42. The third kappa shape index (κ3) is 2.95. The number of ether oxygens (including phenoxy) is 1. The summed E-state index contributed by atoms with van der Waals surface area (Å²) in [6, 6.07) is 5.81. The zero-order valence-corrected chi connectivity index (χ0v) is 11.4. The van der Waals surface area contributed by atoms with Gasteiger partial charge in [-0.1, -0.05) is 19.1 Å². The van der Waals surface area contributed by atoms with Gasteiger partial charge in [0.15, 0.2) is 0 Å². The quantitative estimate of drug-likeness (QED) is 0.781. The number of imide groups is 1. The largest absolute Gasteiger partial charge is 0.496 e. The molecule has 19 heavy (non-hydrogen) atoms. The van der Waals surface area contributed by atoms with Gasteiger partial charge in [-0.15, -0.1) is 0 Å². The van der Waals surface area contributed by atoms with E-state index in [0.29, 0.717) is 25.8 Å². The molecule has 0 atom stereocenters. The molecule has 0 bridgehead atoms. The molecule has 2 amide bonds. The van der Waals surface area contributed by atoms with E-state index in [1.165, 1.54) is 4.90 Å². The number of carbonyl (C=O) groups excluding carboxylic acids is 2. The Labute approximate surface area is 113 Å². The normalized spacial score (nSPS) is 15.8. The topological polar surface area (TPSA) is 46.6 Å². The number of rotatable bonds is 4. The van der Waals surface area contributed by atoms with Crippen LogP contribution in [0.5, 0.6) is 5.75 Å². The fourth-order valence-corrected chi connectivity index (χ4v) is 2.37. The minimum Gasteiger partial charge on any atom is -0.496 e. The van der Waals surface area contributed by atoms with Gasteiger partial charge in [0.1, 0.15) is 5.75 Å². The fraction of sp³-hybridized carbons (Fsp3) is 0.467. The van der Waals surface area contributed by atoms with Crippen LogP contribution < -0.4 is 4.74 Å². The van der Waals surface area contributed by atoms with Crippen LogP contribution in [-0.2, 0) is 22.6 Å². The Morgan fingerprint density at radius 3 is 2.47 bits per heavy atom. The summed E-state index contributed by atoms with van der Waals surface area (Å²) in [5.74, 6) is 0.720. The molecule has 102 valence electrons. The van der Waals surface area contributed by atoms with Crippen LogP contribution in [0.15, 0.2) is 18.2 Å². The van der Waals surface area contributed by atoms with Crippen molar-refractivity contribution in [3.63, 3.8) is 0 Å². The number of hydrogen-bond donors (Lipinski definition) is 0. The van der Waals surface area contributed by atoms with E-state index in [2.05, 4.69) is 6.92 Å². The number of amides is 2. The molecule has 4 nitrogen and oxygen atoms in total. The Balaban J connectivity index is 2.18. The number of nitrogens with zero attached hydrogens (tertiary/aromatic N) is 1. The molecule has 0 spiro atoms. The van der Waals surface area contributed by atoms with Gasteiger partial charge in [0.2, 0.25) is 11.8 Å². The maximum absolute atomic E-state index is 11.8. The van der Waals surface area contributed by atoms with Crippen LogP contribution in [0.1, 0.15) is 37.3 Å². The van der Waals surface area contributed by atoms with E-state index in [0.717, 1.165) is 23.3 Å². The molecule has 0 unspecified atom stereocenters. The van der Waals surface area contributed by atoms with Crippen molar-refractivity contribution in [3.8, 4) is 5.75 Å². The number of aryl methyl sites for hydroxylation is 1. The molecule has 0 N–H and O–H groups in total. The summed E-state index contributed by atoms with van der Waals surface area (Å²) in [4.78, 5) is 24.9. The van der Waals surface area contributed by atoms with E-state index in [4.69, 9.17) is 4.74 Å². The van der Waals surface area contributed by atoms with Crippen molar-refractivity contribution in [2.45, 2.75) is 39.2 Å². The molecule has 1 aromatic carbocycles. The predicted molar refractivity (Wildman–Crippen MR) is 71.8 cm³/mol. The van der Waals surface area contributed by atoms with Crippen molar-refractivity contribution in [3.05, 3.63) is 29.3 Å². The summed E-state index contributed by atoms with van der Waals surface area (Å²) in [5.41, 5.74) is 2.07. The lowest BCUT2D eigenvalue weighted by Crippen LogP contribution is -2.39. The fourth-order valence-electron chi connectivity index (χ4n) is 2.37. The van der Waals surface area contributed by atoms with Gasteiger partial charge >= 0.3 is 0 Å². The van der Waals surface area contributed by atoms with Gasteiger partial charge in [0.25, 0.3) is 0 Å². The molecule has 0 aromatic heterocycles. The van der Waals surface area contributed by atoms with Crippen LogP contribution in [0.3, 0.4) is 0 Å². The molecule has 0 saturated carbocycles. The van der Waals surface area contributed by atoms with E-state index >= 15 is 0 Å². The van der Waals surface area contributed by atoms with E-state index < -0.39 is 0 Å². The number of hydrogen-bond acceptors (Lipinski definition) is 3. The Morgan fingerprint density at radius 1 is 1.21 bits per heavy atom. The van der Waals surface area contributed by atoms with Crippen LogP contribution in [0.4, 0.5) is 0 Å². The number of piperidine rings is 1. The second-order valence-corrected chi connectivity index (χ2v) is 4.73. The van der Waals surface area contributed by atoms with E-state index in [-0.39, 0.29) is 11.8 Å². The van der Waals surface area contributed by atoms with Gasteiger partial charge in [0.05, 0.1) is 13.7 Å². The summed E-state index contributed by atoms with van der Waals surface area (Å²) in [6.45, 7) is 2.42. The SMILES string of the molecule is CCc1cc(CN2C(=O)CCCC2=O)ccc1OC. The van der Waals surface area contributed by atoms with Gasteiger partial charge in [-0.05, 0) is 30.0 Å². The first-order valence-electron chi connectivity index (χ1n) is 6.64. The predicted octanol–water partition coefficient (Wildman–Crippen LogP) is 2.30. The maximum Gasteiger partial charge on any atom is 0.229 e. The zero-order chi connectivity index (χ0) is 13.8.